The van der Waals surface area contributed by atoms with Gasteiger partial charge in [0.05, 0.1) is 10.9 Å². The molecule has 2 rings (SSSR count). The van der Waals surface area contributed by atoms with E-state index in [1.54, 1.807) is 26.0 Å². The monoisotopic (exact) mass is 388 g/mol. The molecular formula is C21H28N2O3S. The first-order valence-electron chi connectivity index (χ1n) is 9.31. The molecule has 0 aliphatic carbocycles. The van der Waals surface area contributed by atoms with Crippen LogP contribution in [0, 0.1) is 6.92 Å². The van der Waals surface area contributed by atoms with Crippen LogP contribution in [0.1, 0.15) is 54.7 Å². The van der Waals surface area contributed by atoms with E-state index in [-0.39, 0.29) is 16.8 Å². The SMILES string of the molecule is CC[C@@H](NC(=O)c1cccc(S(=O)(=O)N(CC)CC)c1)c1ccc(C)cc1. The molecule has 0 bridgehead atoms. The number of carbonyl (C=O) groups excluding carboxylic acids is 1. The number of rotatable bonds is 8. The lowest BCUT2D eigenvalue weighted by Gasteiger charge is -2.20. The second kappa shape index (κ2) is 9.15. The van der Waals surface area contributed by atoms with Crippen LogP contribution in [0.25, 0.3) is 0 Å². The van der Waals surface area contributed by atoms with Crippen LogP contribution < -0.4 is 5.32 Å². The summed E-state index contributed by atoms with van der Waals surface area (Å²) in [5, 5.41) is 3.01. The van der Waals surface area contributed by atoms with Gasteiger partial charge in [-0.2, -0.15) is 4.31 Å². The average molecular weight is 389 g/mol. The Morgan fingerprint density at radius 3 is 2.22 bits per heavy atom. The van der Waals surface area contributed by atoms with Gasteiger partial charge in [-0.15, -0.1) is 0 Å². The highest BCUT2D eigenvalue weighted by Crippen LogP contribution is 2.20. The predicted octanol–water partition coefficient (Wildman–Crippen LogP) is 3.91. The maximum Gasteiger partial charge on any atom is 0.251 e. The lowest BCUT2D eigenvalue weighted by Crippen LogP contribution is -2.31. The number of hydrogen-bond acceptors (Lipinski definition) is 3. The molecule has 2 aromatic carbocycles. The Bertz CT molecular complexity index is 873. The van der Waals surface area contributed by atoms with Gasteiger partial charge in [0.2, 0.25) is 10.0 Å². The largest absolute Gasteiger partial charge is 0.345 e. The summed E-state index contributed by atoms with van der Waals surface area (Å²) in [6.07, 6.45) is 0.742. The molecule has 1 amide bonds. The van der Waals surface area contributed by atoms with Gasteiger partial charge in [0, 0.05) is 18.7 Å². The standard InChI is InChI=1S/C21H28N2O3S/c1-5-20(17-13-11-16(4)12-14-17)22-21(24)18-9-8-10-19(15-18)27(25,26)23(6-2)7-3/h8-15,20H,5-7H2,1-4H3,(H,22,24)/t20-/m1/s1. The van der Waals surface area contributed by atoms with E-state index >= 15 is 0 Å². The molecular weight excluding hydrogens is 360 g/mol. The number of hydrogen-bond donors (Lipinski definition) is 1. The van der Waals surface area contributed by atoms with Crippen LogP contribution in [0.5, 0.6) is 0 Å². The zero-order valence-corrected chi connectivity index (χ0v) is 17.2. The molecule has 0 fully saturated rings. The molecule has 0 saturated carbocycles. The van der Waals surface area contributed by atoms with Crippen molar-refractivity contribution in [2.24, 2.45) is 0 Å². The molecule has 1 N–H and O–H groups in total. The van der Waals surface area contributed by atoms with Gasteiger partial charge in [-0.25, -0.2) is 8.42 Å². The van der Waals surface area contributed by atoms with Crippen molar-refractivity contribution in [2.45, 2.75) is 45.1 Å². The van der Waals surface area contributed by atoms with E-state index in [0.717, 1.165) is 17.5 Å². The topological polar surface area (TPSA) is 66.5 Å². The summed E-state index contributed by atoms with van der Waals surface area (Å²) in [7, 11) is -3.59. The first-order valence-corrected chi connectivity index (χ1v) is 10.7. The summed E-state index contributed by atoms with van der Waals surface area (Å²) in [5.41, 5.74) is 2.53. The summed E-state index contributed by atoms with van der Waals surface area (Å²) in [5.74, 6) is -0.279. The van der Waals surface area contributed by atoms with E-state index in [0.29, 0.717) is 18.7 Å². The summed E-state index contributed by atoms with van der Waals surface area (Å²) in [6.45, 7) is 8.40. The molecule has 5 nitrogen and oxygen atoms in total. The van der Waals surface area contributed by atoms with E-state index in [1.807, 2.05) is 38.1 Å². The highest BCUT2D eigenvalue weighted by Gasteiger charge is 2.23. The minimum atomic E-state index is -3.59. The molecule has 0 saturated heterocycles. The summed E-state index contributed by atoms with van der Waals surface area (Å²) >= 11 is 0. The Hall–Kier alpha value is -2.18. The smallest absolute Gasteiger partial charge is 0.251 e. The molecule has 146 valence electrons. The molecule has 0 radical (unpaired) electrons. The summed E-state index contributed by atoms with van der Waals surface area (Å²) < 4.78 is 26.8. The quantitative estimate of drug-likeness (QED) is 0.746. The molecule has 0 aromatic heterocycles. The van der Waals surface area contributed by atoms with Crippen LogP contribution in [0.4, 0.5) is 0 Å². The maximum atomic E-state index is 12.7. The van der Waals surface area contributed by atoms with E-state index in [2.05, 4.69) is 5.32 Å². The van der Waals surface area contributed by atoms with Gasteiger partial charge >= 0.3 is 0 Å². The Morgan fingerprint density at radius 2 is 1.67 bits per heavy atom. The second-order valence-corrected chi connectivity index (χ2v) is 8.40. The van der Waals surface area contributed by atoms with Crippen molar-refractivity contribution in [3.05, 3.63) is 65.2 Å². The third-order valence-corrected chi connectivity index (χ3v) is 6.68. The zero-order chi connectivity index (χ0) is 20.0. The number of sulfonamides is 1. The molecule has 6 heteroatoms. The fourth-order valence-corrected chi connectivity index (χ4v) is 4.48. The zero-order valence-electron chi connectivity index (χ0n) is 16.4. The predicted molar refractivity (Wildman–Crippen MR) is 108 cm³/mol. The highest BCUT2D eigenvalue weighted by molar-refractivity contribution is 7.89. The maximum absolute atomic E-state index is 12.7. The number of carbonyl (C=O) groups is 1. The number of nitrogens with one attached hydrogen (secondary N) is 1. The van der Waals surface area contributed by atoms with Crippen LogP contribution in [-0.2, 0) is 10.0 Å². The van der Waals surface area contributed by atoms with Crippen LogP contribution in [-0.4, -0.2) is 31.7 Å². The van der Waals surface area contributed by atoms with Gasteiger partial charge in [-0.05, 0) is 37.1 Å². The van der Waals surface area contributed by atoms with Gasteiger partial charge in [-0.1, -0.05) is 56.7 Å². The number of benzene rings is 2. The fraction of sp³-hybridized carbons (Fsp3) is 0.381. The van der Waals surface area contributed by atoms with E-state index in [4.69, 9.17) is 0 Å². The van der Waals surface area contributed by atoms with Crippen molar-refractivity contribution in [3.63, 3.8) is 0 Å². The molecule has 1 atom stereocenters. The Kier molecular flexibility index (Phi) is 7.16. The van der Waals surface area contributed by atoms with E-state index < -0.39 is 10.0 Å². The van der Waals surface area contributed by atoms with Gasteiger partial charge < -0.3 is 5.32 Å². The average Bonchev–Trinajstić information content (AvgIpc) is 2.67. The van der Waals surface area contributed by atoms with Crippen LogP contribution in [0.2, 0.25) is 0 Å². The van der Waals surface area contributed by atoms with Crippen molar-refractivity contribution in [3.8, 4) is 0 Å². The fourth-order valence-electron chi connectivity index (χ4n) is 2.97. The Balaban J connectivity index is 2.25. The van der Waals surface area contributed by atoms with Crippen LogP contribution in [0.15, 0.2) is 53.4 Å². The molecule has 0 aliphatic heterocycles. The van der Waals surface area contributed by atoms with Gasteiger partial charge in [0.25, 0.3) is 5.91 Å². The Labute approximate surface area is 162 Å². The number of amides is 1. The summed E-state index contributed by atoms with van der Waals surface area (Å²) in [4.78, 5) is 12.9. The number of aryl methyl sites for hydroxylation is 1. The van der Waals surface area contributed by atoms with Gasteiger partial charge in [0.15, 0.2) is 0 Å². The molecule has 0 spiro atoms. The second-order valence-electron chi connectivity index (χ2n) is 6.46. The molecule has 0 unspecified atom stereocenters. The van der Waals surface area contributed by atoms with Gasteiger partial charge in [0.1, 0.15) is 0 Å². The first-order chi connectivity index (χ1) is 12.8. The minimum Gasteiger partial charge on any atom is -0.345 e. The van der Waals surface area contributed by atoms with E-state index in [9.17, 15) is 13.2 Å². The van der Waals surface area contributed by atoms with Crippen molar-refractivity contribution in [1.82, 2.24) is 9.62 Å². The lowest BCUT2D eigenvalue weighted by atomic mass is 10.0. The normalized spacial score (nSPS) is 12.8. The van der Waals surface area contributed by atoms with Gasteiger partial charge in [-0.3, -0.25) is 4.79 Å². The van der Waals surface area contributed by atoms with Crippen molar-refractivity contribution in [2.75, 3.05) is 13.1 Å². The third-order valence-electron chi connectivity index (χ3n) is 4.63. The van der Waals surface area contributed by atoms with Crippen molar-refractivity contribution in [1.29, 1.82) is 0 Å². The molecule has 27 heavy (non-hydrogen) atoms. The first kappa shape index (κ1) is 21.1. The lowest BCUT2D eigenvalue weighted by molar-refractivity contribution is 0.0935. The Morgan fingerprint density at radius 1 is 1.04 bits per heavy atom. The van der Waals surface area contributed by atoms with Crippen molar-refractivity contribution >= 4 is 15.9 Å². The highest BCUT2D eigenvalue weighted by atomic mass is 32.2. The summed E-state index contributed by atoms with van der Waals surface area (Å²) in [6, 6.07) is 14.1. The van der Waals surface area contributed by atoms with E-state index in [1.165, 1.54) is 16.4 Å². The van der Waals surface area contributed by atoms with Crippen molar-refractivity contribution < 1.29 is 13.2 Å². The molecule has 0 aliphatic rings. The van der Waals surface area contributed by atoms with Crippen LogP contribution >= 0.6 is 0 Å². The number of nitrogens with zero attached hydrogens (tertiary/aromatic N) is 1. The van der Waals surface area contributed by atoms with Crippen LogP contribution in [0.3, 0.4) is 0 Å². The minimum absolute atomic E-state index is 0.124. The molecule has 2 aromatic rings. The molecule has 0 heterocycles. The third kappa shape index (κ3) is 4.96.